The average molecular weight is 493 g/mol. The van der Waals surface area contributed by atoms with E-state index in [9.17, 15) is 14.7 Å². The summed E-state index contributed by atoms with van der Waals surface area (Å²) >= 11 is 12.4. The molecule has 2 aromatic carbocycles. The Morgan fingerprint density at radius 1 is 1.00 bits per heavy atom. The first kappa shape index (κ1) is 22.6. The summed E-state index contributed by atoms with van der Waals surface area (Å²) in [6.07, 6.45) is 7.47. The lowest BCUT2D eigenvalue weighted by atomic mass is 9.88. The number of rotatable bonds is 4. The van der Waals surface area contributed by atoms with Crippen molar-refractivity contribution in [3.63, 3.8) is 0 Å². The van der Waals surface area contributed by atoms with Crippen LogP contribution in [0, 0.1) is 0 Å². The van der Waals surface area contributed by atoms with Gasteiger partial charge in [-0.1, -0.05) is 47.5 Å². The quantitative estimate of drug-likeness (QED) is 0.280. The summed E-state index contributed by atoms with van der Waals surface area (Å²) < 4.78 is 0. The van der Waals surface area contributed by atoms with Gasteiger partial charge in [0.1, 0.15) is 5.76 Å². The minimum absolute atomic E-state index is 0.0445. The summed E-state index contributed by atoms with van der Waals surface area (Å²) in [5, 5.41) is 12.0. The first-order chi connectivity index (χ1) is 16.4. The van der Waals surface area contributed by atoms with E-state index >= 15 is 0 Å². The van der Waals surface area contributed by atoms with Gasteiger partial charge in [-0.25, -0.2) is 0 Å². The fraction of sp³-hybridized carbons (Fsp3) is 0.222. The van der Waals surface area contributed by atoms with Gasteiger partial charge in [0, 0.05) is 24.5 Å². The molecule has 0 radical (unpaired) electrons. The summed E-state index contributed by atoms with van der Waals surface area (Å²) in [4.78, 5) is 32.0. The first-order valence-corrected chi connectivity index (χ1v) is 11.9. The highest BCUT2D eigenvalue weighted by molar-refractivity contribution is 6.46. The summed E-state index contributed by atoms with van der Waals surface area (Å²) in [6.45, 7) is 0.157. The van der Waals surface area contributed by atoms with Crippen LogP contribution in [0.25, 0.3) is 5.76 Å². The van der Waals surface area contributed by atoms with Crippen molar-refractivity contribution in [1.82, 2.24) is 9.88 Å². The van der Waals surface area contributed by atoms with E-state index in [-0.39, 0.29) is 17.9 Å². The molecule has 1 saturated heterocycles. The maximum Gasteiger partial charge on any atom is 0.295 e. The largest absolute Gasteiger partial charge is 0.507 e. The van der Waals surface area contributed by atoms with Crippen LogP contribution in [-0.2, 0) is 29.0 Å². The topological polar surface area (TPSA) is 70.5 Å². The van der Waals surface area contributed by atoms with Crippen molar-refractivity contribution in [3.8, 4) is 0 Å². The third-order valence-corrected chi connectivity index (χ3v) is 7.24. The van der Waals surface area contributed by atoms with Crippen LogP contribution in [0.5, 0.6) is 0 Å². The number of hydrogen-bond donors (Lipinski definition) is 1. The number of carbonyl (C=O) groups is 2. The molecule has 2 aliphatic rings. The lowest BCUT2D eigenvalue weighted by Gasteiger charge is -2.25. The molecular formula is C27H22Cl2N2O3. The van der Waals surface area contributed by atoms with Gasteiger partial charge < -0.3 is 10.0 Å². The molecule has 1 unspecified atom stereocenters. The maximum absolute atomic E-state index is 13.3. The summed E-state index contributed by atoms with van der Waals surface area (Å²) in [5.74, 6) is -1.59. The van der Waals surface area contributed by atoms with Crippen molar-refractivity contribution in [2.45, 2.75) is 38.3 Å². The molecule has 5 rings (SSSR count). The summed E-state index contributed by atoms with van der Waals surface area (Å²) in [5.41, 5.74) is 4.38. The monoisotopic (exact) mass is 492 g/mol. The normalized spacial score (nSPS) is 19.4. The van der Waals surface area contributed by atoms with Crippen LogP contribution in [0.15, 0.2) is 66.5 Å². The van der Waals surface area contributed by atoms with Crippen LogP contribution in [0.4, 0.5) is 0 Å². The number of likely N-dealkylation sites (tertiary alicyclic amines) is 1. The number of halogens is 2. The number of ketones is 1. The van der Waals surface area contributed by atoms with E-state index in [1.165, 1.54) is 16.0 Å². The fourth-order valence-corrected chi connectivity index (χ4v) is 5.10. The highest BCUT2D eigenvalue weighted by Gasteiger charge is 2.46. The average Bonchev–Trinajstić information content (AvgIpc) is 3.10. The molecule has 7 heteroatoms. The van der Waals surface area contributed by atoms with E-state index in [0.29, 0.717) is 21.2 Å². The molecule has 1 aromatic heterocycles. The lowest BCUT2D eigenvalue weighted by molar-refractivity contribution is -0.140. The van der Waals surface area contributed by atoms with Crippen molar-refractivity contribution in [2.75, 3.05) is 0 Å². The van der Waals surface area contributed by atoms with Crippen LogP contribution in [0.3, 0.4) is 0 Å². The second kappa shape index (κ2) is 9.24. The number of nitrogens with zero attached hydrogens (tertiary/aromatic N) is 2. The number of hydrogen-bond acceptors (Lipinski definition) is 4. The molecular weight excluding hydrogens is 471 g/mol. The number of aromatic nitrogens is 1. The zero-order valence-corrected chi connectivity index (χ0v) is 19.8. The molecule has 1 atom stereocenters. The van der Waals surface area contributed by atoms with Crippen LogP contribution in [-0.4, -0.2) is 26.7 Å². The van der Waals surface area contributed by atoms with Gasteiger partial charge in [0.25, 0.3) is 11.7 Å². The molecule has 1 amide bonds. The second-order valence-corrected chi connectivity index (χ2v) is 9.47. The van der Waals surface area contributed by atoms with E-state index in [2.05, 4.69) is 4.98 Å². The van der Waals surface area contributed by atoms with Gasteiger partial charge >= 0.3 is 0 Å². The Hall–Kier alpha value is -3.15. The number of fused-ring (bicyclic) bond motifs is 1. The molecule has 1 aliphatic heterocycles. The highest BCUT2D eigenvalue weighted by atomic mass is 35.5. The molecule has 1 fully saturated rings. The Morgan fingerprint density at radius 3 is 2.53 bits per heavy atom. The van der Waals surface area contributed by atoms with Crippen LogP contribution < -0.4 is 0 Å². The fourth-order valence-electron chi connectivity index (χ4n) is 4.80. The van der Waals surface area contributed by atoms with Crippen molar-refractivity contribution < 1.29 is 14.7 Å². The van der Waals surface area contributed by atoms with Crippen molar-refractivity contribution in [2.24, 2.45) is 0 Å². The summed E-state index contributed by atoms with van der Waals surface area (Å²) in [7, 11) is 0. The molecule has 172 valence electrons. The van der Waals surface area contributed by atoms with Gasteiger partial charge in [-0.15, -0.1) is 0 Å². The Labute approximate surface area is 207 Å². The number of carbonyl (C=O) groups excluding carboxylic acids is 2. The van der Waals surface area contributed by atoms with E-state index in [0.717, 1.165) is 31.2 Å². The zero-order valence-electron chi connectivity index (χ0n) is 18.3. The van der Waals surface area contributed by atoms with E-state index in [1.807, 2.05) is 24.3 Å². The standard InChI is InChI=1S/C27H22Cl2N2O3/c28-21-10-9-19(13-22(21)29)24-23(25(32)20-8-7-17-5-1-2-6-18(17)12-20)26(33)27(34)31(24)15-16-4-3-11-30-14-16/h3-4,7-14,24,32H,1-2,5-6,15H2/b25-23-. The summed E-state index contributed by atoms with van der Waals surface area (Å²) in [6, 6.07) is 13.5. The molecule has 1 aliphatic carbocycles. The van der Waals surface area contributed by atoms with Crippen molar-refractivity contribution in [3.05, 3.63) is 104 Å². The number of aryl methyl sites for hydroxylation is 2. The molecule has 3 aromatic rings. The Kier molecular flexibility index (Phi) is 6.15. The third-order valence-electron chi connectivity index (χ3n) is 6.50. The number of aliphatic hydroxyl groups excluding tert-OH is 1. The van der Waals surface area contributed by atoms with Crippen LogP contribution in [0.2, 0.25) is 10.0 Å². The minimum atomic E-state index is -0.814. The Balaban J connectivity index is 1.65. The first-order valence-electron chi connectivity index (χ1n) is 11.2. The van der Waals surface area contributed by atoms with Gasteiger partial charge in [-0.2, -0.15) is 0 Å². The van der Waals surface area contributed by atoms with Crippen LogP contribution >= 0.6 is 23.2 Å². The van der Waals surface area contributed by atoms with Gasteiger partial charge in [-0.3, -0.25) is 14.6 Å². The van der Waals surface area contributed by atoms with Crippen LogP contribution in [0.1, 0.15) is 46.7 Å². The molecule has 0 bridgehead atoms. The maximum atomic E-state index is 13.3. The predicted molar refractivity (Wildman–Crippen MR) is 132 cm³/mol. The molecule has 0 spiro atoms. The van der Waals surface area contributed by atoms with Gasteiger partial charge in [0.15, 0.2) is 0 Å². The van der Waals surface area contributed by atoms with E-state index < -0.39 is 17.7 Å². The van der Waals surface area contributed by atoms with E-state index in [4.69, 9.17) is 23.2 Å². The number of Topliss-reactive ketones (excluding diaryl/α,β-unsaturated/α-hetero) is 1. The Morgan fingerprint density at radius 2 is 1.79 bits per heavy atom. The zero-order chi connectivity index (χ0) is 23.8. The van der Waals surface area contributed by atoms with Crippen molar-refractivity contribution >= 4 is 40.7 Å². The van der Waals surface area contributed by atoms with E-state index in [1.54, 1.807) is 36.7 Å². The van der Waals surface area contributed by atoms with Gasteiger partial charge in [-0.05, 0) is 72.2 Å². The smallest absolute Gasteiger partial charge is 0.295 e. The Bertz CT molecular complexity index is 1320. The molecule has 1 N–H and O–H groups in total. The van der Waals surface area contributed by atoms with Gasteiger partial charge in [0.05, 0.1) is 21.7 Å². The molecule has 0 saturated carbocycles. The molecule has 2 heterocycles. The second-order valence-electron chi connectivity index (χ2n) is 8.65. The number of aliphatic hydroxyl groups is 1. The molecule has 34 heavy (non-hydrogen) atoms. The minimum Gasteiger partial charge on any atom is -0.507 e. The molecule has 5 nitrogen and oxygen atoms in total. The van der Waals surface area contributed by atoms with Crippen molar-refractivity contribution in [1.29, 1.82) is 0 Å². The number of benzene rings is 2. The third kappa shape index (κ3) is 4.10. The highest BCUT2D eigenvalue weighted by Crippen LogP contribution is 2.42. The number of amides is 1. The van der Waals surface area contributed by atoms with Gasteiger partial charge in [0.2, 0.25) is 0 Å². The SMILES string of the molecule is O=C1C(=O)N(Cc2cccnc2)C(c2ccc(Cl)c(Cl)c2)/C1=C(/O)c1ccc2c(c1)CCCC2. The predicted octanol–water partition coefficient (Wildman–Crippen LogP) is 5.89. The lowest BCUT2D eigenvalue weighted by Crippen LogP contribution is -2.29. The number of pyridine rings is 1.